The van der Waals surface area contributed by atoms with Crippen LogP contribution in [-0.2, 0) is 6.54 Å². The van der Waals surface area contributed by atoms with E-state index in [0.717, 1.165) is 36.6 Å². The monoisotopic (exact) mass is 238 g/mol. The molecule has 0 bridgehead atoms. The zero-order valence-electron chi connectivity index (χ0n) is 11.1. The normalized spacial score (nSPS) is 10.6. The lowest BCUT2D eigenvalue weighted by atomic mass is 10.1. The van der Waals surface area contributed by atoms with Crippen LogP contribution in [0.3, 0.4) is 0 Å². The molecule has 0 aromatic heterocycles. The lowest BCUT2D eigenvalue weighted by Crippen LogP contribution is -2.22. The highest BCUT2D eigenvalue weighted by Gasteiger charge is 2.11. The molecule has 0 aliphatic heterocycles. The number of nitrogen functional groups attached to an aromatic ring is 1. The molecule has 0 aliphatic rings. The van der Waals surface area contributed by atoms with E-state index in [1.807, 2.05) is 12.1 Å². The minimum absolute atomic E-state index is 0.674. The molecule has 4 nitrogen and oxygen atoms in total. The number of rotatable bonds is 6. The molecule has 0 saturated heterocycles. The van der Waals surface area contributed by atoms with Crippen molar-refractivity contribution >= 4 is 5.69 Å². The van der Waals surface area contributed by atoms with Crippen molar-refractivity contribution in [3.63, 3.8) is 0 Å². The van der Waals surface area contributed by atoms with Crippen LogP contribution in [0.1, 0.15) is 19.4 Å². The molecule has 96 valence electrons. The summed E-state index contributed by atoms with van der Waals surface area (Å²) in [6.45, 7) is 7.12. The Labute approximate surface area is 103 Å². The van der Waals surface area contributed by atoms with Gasteiger partial charge in [-0.05, 0) is 24.7 Å². The van der Waals surface area contributed by atoms with Gasteiger partial charge in [0.05, 0.1) is 14.2 Å². The fraction of sp³-hybridized carbons (Fsp3) is 0.538. The van der Waals surface area contributed by atoms with Gasteiger partial charge in [0.25, 0.3) is 0 Å². The van der Waals surface area contributed by atoms with E-state index in [2.05, 4.69) is 18.7 Å². The molecule has 4 heteroatoms. The molecule has 0 heterocycles. The highest BCUT2D eigenvalue weighted by atomic mass is 16.5. The Morgan fingerprint density at radius 3 is 2.06 bits per heavy atom. The Hall–Kier alpha value is -1.42. The van der Waals surface area contributed by atoms with Crippen LogP contribution in [0, 0.1) is 0 Å². The summed E-state index contributed by atoms with van der Waals surface area (Å²) in [6.07, 6.45) is 0. The maximum atomic E-state index is 6.02. The van der Waals surface area contributed by atoms with Crippen LogP contribution in [0.25, 0.3) is 0 Å². The van der Waals surface area contributed by atoms with Gasteiger partial charge >= 0.3 is 0 Å². The zero-order chi connectivity index (χ0) is 12.8. The van der Waals surface area contributed by atoms with Crippen LogP contribution >= 0.6 is 0 Å². The molecule has 0 radical (unpaired) electrons. The summed E-state index contributed by atoms with van der Waals surface area (Å²) in [4.78, 5) is 2.30. The van der Waals surface area contributed by atoms with Gasteiger partial charge in [0.15, 0.2) is 11.5 Å². The molecule has 0 aliphatic carbocycles. The van der Waals surface area contributed by atoms with E-state index in [4.69, 9.17) is 15.2 Å². The summed E-state index contributed by atoms with van der Waals surface area (Å²) >= 11 is 0. The van der Waals surface area contributed by atoms with Gasteiger partial charge < -0.3 is 15.2 Å². The lowest BCUT2D eigenvalue weighted by Gasteiger charge is -2.20. The summed E-state index contributed by atoms with van der Waals surface area (Å²) in [5.74, 6) is 1.40. The van der Waals surface area contributed by atoms with E-state index in [9.17, 15) is 0 Å². The van der Waals surface area contributed by atoms with Crippen LogP contribution in [0.4, 0.5) is 5.69 Å². The zero-order valence-corrected chi connectivity index (χ0v) is 11.1. The highest BCUT2D eigenvalue weighted by molar-refractivity contribution is 5.57. The lowest BCUT2D eigenvalue weighted by molar-refractivity contribution is 0.295. The smallest absolute Gasteiger partial charge is 0.162 e. The number of nitrogens with two attached hydrogens (primary N) is 1. The summed E-state index contributed by atoms with van der Waals surface area (Å²) in [6, 6.07) is 3.77. The molecule has 0 fully saturated rings. The van der Waals surface area contributed by atoms with Gasteiger partial charge in [0, 0.05) is 18.3 Å². The van der Waals surface area contributed by atoms with Gasteiger partial charge in [-0.3, -0.25) is 4.90 Å². The third kappa shape index (κ3) is 3.27. The van der Waals surface area contributed by atoms with Gasteiger partial charge in [-0.25, -0.2) is 0 Å². The van der Waals surface area contributed by atoms with Crippen molar-refractivity contribution in [2.75, 3.05) is 33.0 Å². The summed E-state index contributed by atoms with van der Waals surface area (Å²) in [5.41, 5.74) is 7.84. The number of nitrogens with zero attached hydrogens (tertiary/aromatic N) is 1. The van der Waals surface area contributed by atoms with Crippen LogP contribution < -0.4 is 15.2 Å². The molecule has 17 heavy (non-hydrogen) atoms. The minimum Gasteiger partial charge on any atom is -0.493 e. The van der Waals surface area contributed by atoms with Crippen LogP contribution in [0.5, 0.6) is 11.5 Å². The van der Waals surface area contributed by atoms with Crippen molar-refractivity contribution in [3.05, 3.63) is 17.7 Å². The first kappa shape index (κ1) is 13.6. The number of anilines is 1. The van der Waals surface area contributed by atoms with E-state index in [-0.39, 0.29) is 0 Å². The Bertz CT molecular complexity index is 363. The van der Waals surface area contributed by atoms with Crippen molar-refractivity contribution in [3.8, 4) is 11.5 Å². The Morgan fingerprint density at radius 2 is 1.59 bits per heavy atom. The second-order valence-electron chi connectivity index (χ2n) is 3.87. The minimum atomic E-state index is 0.674. The largest absolute Gasteiger partial charge is 0.493 e. The first-order valence-corrected chi connectivity index (χ1v) is 5.88. The van der Waals surface area contributed by atoms with Crippen molar-refractivity contribution in [1.82, 2.24) is 4.90 Å². The molecule has 1 aromatic carbocycles. The molecule has 0 spiro atoms. The van der Waals surface area contributed by atoms with Crippen molar-refractivity contribution < 1.29 is 9.47 Å². The third-order valence-corrected chi connectivity index (χ3v) is 2.93. The summed E-state index contributed by atoms with van der Waals surface area (Å²) in [5, 5.41) is 0. The van der Waals surface area contributed by atoms with E-state index in [1.54, 1.807) is 14.2 Å². The topological polar surface area (TPSA) is 47.7 Å². The quantitative estimate of drug-likeness (QED) is 0.771. The Balaban J connectivity index is 2.99. The molecule has 0 unspecified atom stereocenters. The van der Waals surface area contributed by atoms with Crippen molar-refractivity contribution in [2.24, 2.45) is 0 Å². The number of ether oxygens (including phenoxy) is 2. The third-order valence-electron chi connectivity index (χ3n) is 2.93. The van der Waals surface area contributed by atoms with E-state index in [1.165, 1.54) is 0 Å². The highest BCUT2D eigenvalue weighted by Crippen LogP contribution is 2.32. The molecule has 1 rings (SSSR count). The molecule has 2 N–H and O–H groups in total. The molecular formula is C13H22N2O2. The second kappa shape index (κ2) is 6.35. The number of hydrogen-bond acceptors (Lipinski definition) is 4. The first-order chi connectivity index (χ1) is 8.15. The molecule has 0 saturated carbocycles. The van der Waals surface area contributed by atoms with Gasteiger partial charge in [-0.15, -0.1) is 0 Å². The Kier molecular flexibility index (Phi) is 5.10. The number of methoxy groups -OCH3 is 2. The van der Waals surface area contributed by atoms with Crippen LogP contribution in [-0.4, -0.2) is 32.2 Å². The predicted octanol–water partition coefficient (Wildman–Crippen LogP) is 2.13. The molecule has 1 aromatic rings. The number of benzene rings is 1. The average molecular weight is 238 g/mol. The van der Waals surface area contributed by atoms with Gasteiger partial charge in [0.2, 0.25) is 0 Å². The van der Waals surface area contributed by atoms with Crippen LogP contribution in [0.15, 0.2) is 12.1 Å². The summed E-state index contributed by atoms with van der Waals surface area (Å²) in [7, 11) is 3.25. The molecular weight excluding hydrogens is 216 g/mol. The fourth-order valence-corrected chi connectivity index (χ4v) is 1.76. The average Bonchev–Trinajstić information content (AvgIpc) is 2.36. The van der Waals surface area contributed by atoms with E-state index >= 15 is 0 Å². The van der Waals surface area contributed by atoms with Gasteiger partial charge in [-0.2, -0.15) is 0 Å². The summed E-state index contributed by atoms with van der Waals surface area (Å²) < 4.78 is 10.5. The standard InChI is InChI=1S/C13H22N2O2/c1-5-15(6-2)9-10-7-12(16-3)13(17-4)8-11(10)14/h7-8H,5-6,9,14H2,1-4H3. The maximum absolute atomic E-state index is 6.02. The van der Waals surface area contributed by atoms with Crippen molar-refractivity contribution in [1.29, 1.82) is 0 Å². The van der Waals surface area contributed by atoms with E-state index < -0.39 is 0 Å². The van der Waals surface area contributed by atoms with Crippen LogP contribution in [0.2, 0.25) is 0 Å². The molecule has 0 amide bonds. The second-order valence-corrected chi connectivity index (χ2v) is 3.87. The van der Waals surface area contributed by atoms with Gasteiger partial charge in [-0.1, -0.05) is 13.8 Å². The maximum Gasteiger partial charge on any atom is 0.162 e. The molecule has 0 atom stereocenters. The van der Waals surface area contributed by atoms with Gasteiger partial charge in [0.1, 0.15) is 0 Å². The number of hydrogen-bond donors (Lipinski definition) is 1. The predicted molar refractivity (Wildman–Crippen MR) is 70.6 cm³/mol. The van der Waals surface area contributed by atoms with Crippen molar-refractivity contribution in [2.45, 2.75) is 20.4 Å². The fourth-order valence-electron chi connectivity index (χ4n) is 1.76. The van der Waals surface area contributed by atoms with E-state index in [0.29, 0.717) is 5.75 Å². The Morgan fingerprint density at radius 1 is 1.06 bits per heavy atom. The SMILES string of the molecule is CCN(CC)Cc1cc(OC)c(OC)cc1N. The first-order valence-electron chi connectivity index (χ1n) is 5.88.